The van der Waals surface area contributed by atoms with Crippen LogP contribution in [-0.2, 0) is 38.4 Å². The van der Waals surface area contributed by atoms with Crippen molar-refractivity contribution in [2.45, 2.75) is 50.4 Å². The molecule has 0 aromatic carbocycles. The van der Waals surface area contributed by atoms with E-state index >= 15 is 0 Å². The molecule has 190 valence electrons. The van der Waals surface area contributed by atoms with Crippen LogP contribution in [0.15, 0.2) is 0 Å². The molecule has 4 amide bonds. The van der Waals surface area contributed by atoms with Gasteiger partial charge >= 0.3 is 23.9 Å². The monoisotopic (exact) mass is 491 g/mol. The third-order valence-corrected chi connectivity index (χ3v) is 3.92. The topological polar surface area (TPSA) is 292 Å². The highest BCUT2D eigenvalue weighted by molar-refractivity contribution is 5.97. The molecule has 0 heterocycles. The minimum Gasteiger partial charge on any atom is -0.481 e. The van der Waals surface area contributed by atoms with Gasteiger partial charge in [-0.3, -0.25) is 38.4 Å². The quantitative estimate of drug-likeness (QED) is 0.104. The minimum atomic E-state index is -1.86. The normalized spacial score (nSPS) is 13.8. The van der Waals surface area contributed by atoms with Gasteiger partial charge < -0.3 is 47.4 Å². The molecule has 0 spiro atoms. The molecule has 0 fully saturated rings. The fourth-order valence-electron chi connectivity index (χ4n) is 2.30. The van der Waals surface area contributed by atoms with Gasteiger partial charge in [-0.05, 0) is 6.92 Å². The summed E-state index contributed by atoms with van der Waals surface area (Å²) in [5, 5.41) is 43.1. The van der Waals surface area contributed by atoms with E-state index in [0.29, 0.717) is 0 Å². The standard InChI is InChI=1S/C17H25N5O12/c1-6(14(31)19-5-13(29)30)20-16(33)8(3-11(25)26)22-17(34)9(4-12(27)28)21-15(32)7(18)2-10(23)24/h6-9H,2-5,18H2,1H3,(H,19,31)(H,20,33)(H,21,32)(H,22,34)(H,23,24)(H,25,26)(H,27,28)(H,29,30)/t6-,7-,8-,9-/m0/s1. The fourth-order valence-corrected chi connectivity index (χ4v) is 2.30. The Morgan fingerprint density at radius 2 is 1.03 bits per heavy atom. The molecule has 0 unspecified atom stereocenters. The van der Waals surface area contributed by atoms with Gasteiger partial charge in [-0.15, -0.1) is 0 Å². The predicted molar refractivity (Wildman–Crippen MR) is 107 cm³/mol. The molecule has 0 saturated carbocycles. The summed E-state index contributed by atoms with van der Waals surface area (Å²) in [6.07, 6.45) is -2.86. The average molecular weight is 491 g/mol. The second-order valence-corrected chi connectivity index (χ2v) is 6.86. The van der Waals surface area contributed by atoms with Crippen molar-refractivity contribution in [1.29, 1.82) is 0 Å². The highest BCUT2D eigenvalue weighted by atomic mass is 16.4. The number of aliphatic carboxylic acids is 4. The molecule has 0 radical (unpaired) electrons. The maximum atomic E-state index is 12.5. The average Bonchev–Trinajstić information content (AvgIpc) is 2.69. The highest BCUT2D eigenvalue weighted by Gasteiger charge is 2.32. The van der Waals surface area contributed by atoms with Crippen LogP contribution in [0.4, 0.5) is 0 Å². The first kappa shape index (κ1) is 29.7. The van der Waals surface area contributed by atoms with Crippen LogP contribution in [0.2, 0.25) is 0 Å². The number of rotatable bonds is 15. The summed E-state index contributed by atoms with van der Waals surface area (Å²) < 4.78 is 0. The van der Waals surface area contributed by atoms with Crippen LogP contribution in [0.5, 0.6) is 0 Å². The Bertz CT molecular complexity index is 845. The number of carbonyl (C=O) groups is 8. The van der Waals surface area contributed by atoms with Gasteiger partial charge in [-0.25, -0.2) is 0 Å². The molecular formula is C17H25N5O12. The second-order valence-electron chi connectivity index (χ2n) is 6.86. The first-order valence-electron chi connectivity index (χ1n) is 9.45. The lowest BCUT2D eigenvalue weighted by Crippen LogP contribution is -2.58. The van der Waals surface area contributed by atoms with Crippen LogP contribution in [0.25, 0.3) is 0 Å². The Morgan fingerprint density at radius 3 is 1.44 bits per heavy atom. The zero-order valence-electron chi connectivity index (χ0n) is 17.8. The van der Waals surface area contributed by atoms with Gasteiger partial charge in [0.15, 0.2) is 0 Å². The maximum Gasteiger partial charge on any atom is 0.322 e. The van der Waals surface area contributed by atoms with Crippen molar-refractivity contribution in [3.05, 3.63) is 0 Å². The van der Waals surface area contributed by atoms with E-state index in [-0.39, 0.29) is 0 Å². The van der Waals surface area contributed by atoms with Gasteiger partial charge in [0.2, 0.25) is 23.6 Å². The molecule has 0 aliphatic rings. The van der Waals surface area contributed by atoms with E-state index in [4.69, 9.17) is 26.2 Å². The number of carboxylic acids is 4. The lowest BCUT2D eigenvalue weighted by molar-refractivity contribution is -0.144. The number of nitrogens with two attached hydrogens (primary N) is 1. The second kappa shape index (κ2) is 14.0. The van der Waals surface area contributed by atoms with E-state index in [1.807, 2.05) is 16.0 Å². The molecule has 17 heteroatoms. The molecule has 0 aliphatic carbocycles. The van der Waals surface area contributed by atoms with Crippen molar-refractivity contribution >= 4 is 47.5 Å². The van der Waals surface area contributed by atoms with Crippen LogP contribution >= 0.6 is 0 Å². The fraction of sp³-hybridized carbons (Fsp3) is 0.529. The number of carboxylic acid groups (broad SMARTS) is 4. The summed E-state index contributed by atoms with van der Waals surface area (Å²) in [7, 11) is 0. The molecule has 10 N–H and O–H groups in total. The van der Waals surface area contributed by atoms with Crippen LogP contribution in [0.3, 0.4) is 0 Å². The first-order valence-corrected chi connectivity index (χ1v) is 9.45. The number of nitrogens with one attached hydrogen (secondary N) is 4. The predicted octanol–water partition coefficient (Wildman–Crippen LogP) is -4.59. The Hall–Kier alpha value is -4.28. The molecule has 0 aliphatic heterocycles. The lowest BCUT2D eigenvalue weighted by atomic mass is 10.1. The molecule has 0 aromatic heterocycles. The van der Waals surface area contributed by atoms with Crippen LogP contribution < -0.4 is 27.0 Å². The van der Waals surface area contributed by atoms with E-state index in [1.54, 1.807) is 0 Å². The van der Waals surface area contributed by atoms with Crippen molar-refractivity contribution in [1.82, 2.24) is 21.3 Å². The van der Waals surface area contributed by atoms with Crippen molar-refractivity contribution in [3.63, 3.8) is 0 Å². The van der Waals surface area contributed by atoms with Crippen molar-refractivity contribution < 1.29 is 58.8 Å². The van der Waals surface area contributed by atoms with Gasteiger partial charge in [-0.2, -0.15) is 0 Å². The summed E-state index contributed by atoms with van der Waals surface area (Å²) >= 11 is 0. The lowest BCUT2D eigenvalue weighted by Gasteiger charge is -2.23. The maximum absolute atomic E-state index is 12.5. The number of hydrogen-bond acceptors (Lipinski definition) is 9. The molecule has 0 aromatic rings. The molecule has 17 nitrogen and oxygen atoms in total. The smallest absolute Gasteiger partial charge is 0.322 e. The number of carbonyl (C=O) groups excluding carboxylic acids is 4. The molecular weight excluding hydrogens is 466 g/mol. The van der Waals surface area contributed by atoms with Gasteiger partial charge in [0.1, 0.15) is 24.7 Å². The van der Waals surface area contributed by atoms with E-state index in [1.165, 1.54) is 0 Å². The van der Waals surface area contributed by atoms with E-state index in [0.717, 1.165) is 6.92 Å². The zero-order chi connectivity index (χ0) is 26.6. The highest BCUT2D eigenvalue weighted by Crippen LogP contribution is 2.01. The van der Waals surface area contributed by atoms with Crippen LogP contribution in [-0.4, -0.2) is 98.6 Å². The summed E-state index contributed by atoms with van der Waals surface area (Å²) in [5.74, 6) is -10.6. The Morgan fingerprint density at radius 1 is 0.618 bits per heavy atom. The zero-order valence-corrected chi connectivity index (χ0v) is 17.8. The van der Waals surface area contributed by atoms with Gasteiger partial charge in [0.05, 0.1) is 25.3 Å². The SMILES string of the molecule is C[C@H](NC(=O)[C@H](CC(=O)O)NC(=O)[C@H](CC(=O)O)NC(=O)[C@@H](N)CC(=O)O)C(=O)NCC(=O)O. The molecule has 4 atom stereocenters. The third kappa shape index (κ3) is 11.9. The minimum absolute atomic E-state index is 0.755. The van der Waals surface area contributed by atoms with E-state index in [2.05, 4.69) is 5.32 Å². The third-order valence-electron chi connectivity index (χ3n) is 3.92. The van der Waals surface area contributed by atoms with Crippen molar-refractivity contribution in [3.8, 4) is 0 Å². The molecule has 0 saturated heterocycles. The first-order chi connectivity index (χ1) is 15.6. The Balaban J connectivity index is 5.42. The molecule has 0 bridgehead atoms. The summed E-state index contributed by atoms with van der Waals surface area (Å²) in [6.45, 7) is 0.390. The Kier molecular flexibility index (Phi) is 12.2. The summed E-state index contributed by atoms with van der Waals surface area (Å²) in [5.41, 5.74) is 5.35. The van der Waals surface area contributed by atoms with E-state index < -0.39 is 97.5 Å². The summed E-state index contributed by atoms with van der Waals surface area (Å²) in [4.78, 5) is 91.9. The molecule has 34 heavy (non-hydrogen) atoms. The molecule has 0 rings (SSSR count). The van der Waals surface area contributed by atoms with Crippen molar-refractivity contribution in [2.24, 2.45) is 5.73 Å². The summed E-state index contributed by atoms with van der Waals surface area (Å²) in [6, 6.07) is -6.67. The van der Waals surface area contributed by atoms with E-state index in [9.17, 15) is 38.4 Å². The van der Waals surface area contributed by atoms with Crippen molar-refractivity contribution in [2.75, 3.05) is 6.54 Å². The van der Waals surface area contributed by atoms with Crippen LogP contribution in [0, 0.1) is 0 Å². The van der Waals surface area contributed by atoms with Gasteiger partial charge in [-0.1, -0.05) is 0 Å². The number of hydrogen-bond donors (Lipinski definition) is 9. The van der Waals surface area contributed by atoms with Gasteiger partial charge in [0, 0.05) is 0 Å². The van der Waals surface area contributed by atoms with Gasteiger partial charge in [0.25, 0.3) is 0 Å². The Labute approximate surface area is 191 Å². The number of amides is 4. The largest absolute Gasteiger partial charge is 0.481 e. The van der Waals surface area contributed by atoms with Crippen LogP contribution in [0.1, 0.15) is 26.2 Å².